The minimum atomic E-state index is -0.634. The molecule has 1 heterocycles. The monoisotopic (exact) mass is 478 g/mol. The third kappa shape index (κ3) is 6.93. The standard InChI is InChI=1S/C26H27ClN4O3/c1-17(32)29-24-10-9-20-7-6-19(14-23(20)30-24)16-31(25(33)34-26(2,3)4)12-11-18-5-8-21(15-28)22(27)13-18/h5-10,13-14H,11-12,16H2,1-4H3,(H,29,30,32). The molecule has 176 valence electrons. The van der Waals surface area contributed by atoms with Gasteiger partial charge in [-0.05, 0) is 68.7 Å². The van der Waals surface area contributed by atoms with Crippen LogP contribution in [0.2, 0.25) is 5.02 Å². The van der Waals surface area contributed by atoms with E-state index < -0.39 is 11.7 Å². The summed E-state index contributed by atoms with van der Waals surface area (Å²) in [6.45, 7) is 7.63. The van der Waals surface area contributed by atoms with Gasteiger partial charge >= 0.3 is 6.09 Å². The van der Waals surface area contributed by atoms with Crippen LogP contribution in [0.25, 0.3) is 10.9 Å². The third-order valence-corrected chi connectivity index (χ3v) is 5.22. The molecule has 1 N–H and O–H groups in total. The summed E-state index contributed by atoms with van der Waals surface area (Å²) in [6, 6.07) is 16.7. The number of benzene rings is 2. The topological polar surface area (TPSA) is 95.3 Å². The number of rotatable bonds is 6. The van der Waals surface area contributed by atoms with E-state index in [1.807, 2.05) is 57.2 Å². The first-order valence-electron chi connectivity index (χ1n) is 10.9. The number of hydrogen-bond acceptors (Lipinski definition) is 5. The number of nitrogens with zero attached hydrogens (tertiary/aromatic N) is 3. The van der Waals surface area contributed by atoms with Crippen LogP contribution in [0.15, 0.2) is 48.5 Å². The summed E-state index contributed by atoms with van der Waals surface area (Å²) in [7, 11) is 0. The zero-order valence-electron chi connectivity index (χ0n) is 19.7. The van der Waals surface area contributed by atoms with E-state index >= 15 is 0 Å². The fraction of sp³-hybridized carbons (Fsp3) is 0.308. The lowest BCUT2D eigenvalue weighted by Crippen LogP contribution is -2.37. The van der Waals surface area contributed by atoms with Gasteiger partial charge in [0.25, 0.3) is 0 Å². The van der Waals surface area contributed by atoms with E-state index in [4.69, 9.17) is 21.6 Å². The van der Waals surface area contributed by atoms with Crippen LogP contribution in [0, 0.1) is 11.3 Å². The maximum atomic E-state index is 13.0. The zero-order chi connectivity index (χ0) is 24.9. The number of carbonyl (C=O) groups is 2. The van der Waals surface area contributed by atoms with Gasteiger partial charge in [0.15, 0.2) is 0 Å². The fourth-order valence-corrected chi connectivity index (χ4v) is 3.61. The van der Waals surface area contributed by atoms with Crippen molar-refractivity contribution in [1.29, 1.82) is 5.26 Å². The Balaban J connectivity index is 1.83. The number of aromatic nitrogens is 1. The molecular weight excluding hydrogens is 452 g/mol. The lowest BCUT2D eigenvalue weighted by Gasteiger charge is -2.27. The molecule has 0 aliphatic rings. The van der Waals surface area contributed by atoms with Crippen LogP contribution in [0.1, 0.15) is 44.4 Å². The van der Waals surface area contributed by atoms with Gasteiger partial charge in [0.1, 0.15) is 17.5 Å². The van der Waals surface area contributed by atoms with E-state index in [1.54, 1.807) is 23.1 Å². The molecule has 0 fully saturated rings. The van der Waals surface area contributed by atoms with Gasteiger partial charge in [0.2, 0.25) is 5.91 Å². The van der Waals surface area contributed by atoms with E-state index in [2.05, 4.69) is 10.3 Å². The summed E-state index contributed by atoms with van der Waals surface area (Å²) in [5.74, 6) is 0.279. The molecule has 2 aromatic carbocycles. The molecule has 3 aromatic rings. The predicted octanol–water partition coefficient (Wildman–Crippen LogP) is 5.70. The number of halogens is 1. The van der Waals surface area contributed by atoms with Crippen molar-refractivity contribution in [3.05, 3.63) is 70.2 Å². The Labute approximate surface area is 204 Å². The summed E-state index contributed by atoms with van der Waals surface area (Å²) in [5, 5.41) is 13.1. The van der Waals surface area contributed by atoms with Crippen LogP contribution in [0.4, 0.5) is 10.6 Å². The molecule has 7 nitrogen and oxygen atoms in total. The molecular formula is C26H27ClN4O3. The van der Waals surface area contributed by atoms with Crippen LogP contribution in [0.5, 0.6) is 0 Å². The lowest BCUT2D eigenvalue weighted by atomic mass is 10.1. The largest absolute Gasteiger partial charge is 0.444 e. The van der Waals surface area contributed by atoms with Crippen molar-refractivity contribution in [3.63, 3.8) is 0 Å². The Morgan fingerprint density at radius 3 is 2.47 bits per heavy atom. The Kier molecular flexibility index (Phi) is 7.75. The van der Waals surface area contributed by atoms with Crippen LogP contribution >= 0.6 is 11.6 Å². The van der Waals surface area contributed by atoms with E-state index in [0.717, 1.165) is 16.5 Å². The van der Waals surface area contributed by atoms with Crippen LogP contribution in [-0.4, -0.2) is 34.0 Å². The molecule has 2 amide bonds. The first-order chi connectivity index (χ1) is 16.0. The van der Waals surface area contributed by atoms with Gasteiger partial charge in [-0.3, -0.25) is 4.79 Å². The highest BCUT2D eigenvalue weighted by Crippen LogP contribution is 2.21. The molecule has 0 radical (unpaired) electrons. The van der Waals surface area contributed by atoms with E-state index in [-0.39, 0.29) is 5.91 Å². The van der Waals surface area contributed by atoms with Gasteiger partial charge < -0.3 is 15.0 Å². The molecule has 0 bridgehead atoms. The van der Waals surface area contributed by atoms with Crippen LogP contribution in [-0.2, 0) is 22.5 Å². The van der Waals surface area contributed by atoms with Gasteiger partial charge in [-0.2, -0.15) is 5.26 Å². The number of anilines is 1. The predicted molar refractivity (Wildman–Crippen MR) is 133 cm³/mol. The highest BCUT2D eigenvalue weighted by molar-refractivity contribution is 6.31. The Hall–Kier alpha value is -3.63. The quantitative estimate of drug-likeness (QED) is 0.490. The van der Waals surface area contributed by atoms with Crippen LogP contribution < -0.4 is 5.32 Å². The molecule has 0 aliphatic heterocycles. The average molecular weight is 479 g/mol. The Morgan fingerprint density at radius 1 is 1.12 bits per heavy atom. The van der Waals surface area contributed by atoms with Crippen molar-refractivity contribution in [3.8, 4) is 6.07 Å². The van der Waals surface area contributed by atoms with Gasteiger partial charge in [0.05, 0.1) is 16.1 Å². The first kappa shape index (κ1) is 25.0. The summed E-state index contributed by atoms with van der Waals surface area (Å²) >= 11 is 6.16. The summed E-state index contributed by atoms with van der Waals surface area (Å²) in [4.78, 5) is 30.5. The lowest BCUT2D eigenvalue weighted by molar-refractivity contribution is -0.114. The van der Waals surface area contributed by atoms with Crippen molar-refractivity contribution in [2.75, 3.05) is 11.9 Å². The number of nitrogens with one attached hydrogen (secondary N) is 1. The molecule has 0 aliphatic carbocycles. The average Bonchev–Trinajstić information content (AvgIpc) is 2.74. The summed E-state index contributed by atoms with van der Waals surface area (Å²) in [5.41, 5.74) is 2.29. The van der Waals surface area contributed by atoms with Gasteiger partial charge in [-0.25, -0.2) is 9.78 Å². The molecule has 1 aromatic heterocycles. The van der Waals surface area contributed by atoms with Crippen molar-refractivity contribution in [2.45, 2.75) is 46.3 Å². The van der Waals surface area contributed by atoms with E-state index in [9.17, 15) is 9.59 Å². The Morgan fingerprint density at radius 2 is 1.82 bits per heavy atom. The van der Waals surface area contributed by atoms with Crippen molar-refractivity contribution in [2.24, 2.45) is 0 Å². The van der Waals surface area contributed by atoms with Crippen LogP contribution in [0.3, 0.4) is 0 Å². The highest BCUT2D eigenvalue weighted by atomic mass is 35.5. The number of nitriles is 1. The molecule has 34 heavy (non-hydrogen) atoms. The number of carbonyl (C=O) groups excluding carboxylic acids is 2. The number of amides is 2. The molecule has 0 unspecified atom stereocenters. The number of pyridine rings is 1. The second kappa shape index (κ2) is 10.5. The summed E-state index contributed by atoms with van der Waals surface area (Å²) < 4.78 is 5.63. The second-order valence-electron chi connectivity index (χ2n) is 8.98. The molecule has 0 atom stereocenters. The van der Waals surface area contributed by atoms with Crippen molar-refractivity contribution < 1.29 is 14.3 Å². The smallest absolute Gasteiger partial charge is 0.410 e. The van der Waals surface area contributed by atoms with E-state index in [1.165, 1.54) is 6.92 Å². The summed E-state index contributed by atoms with van der Waals surface area (Å²) in [6.07, 6.45) is 0.121. The first-order valence-corrected chi connectivity index (χ1v) is 11.3. The molecule has 0 saturated carbocycles. The number of fused-ring (bicyclic) bond motifs is 1. The van der Waals surface area contributed by atoms with Crippen molar-refractivity contribution in [1.82, 2.24) is 9.88 Å². The zero-order valence-corrected chi connectivity index (χ0v) is 20.4. The highest BCUT2D eigenvalue weighted by Gasteiger charge is 2.22. The molecule has 0 saturated heterocycles. The van der Waals surface area contributed by atoms with Crippen molar-refractivity contribution >= 4 is 40.3 Å². The molecule has 3 rings (SSSR count). The second-order valence-corrected chi connectivity index (χ2v) is 9.39. The fourth-order valence-electron chi connectivity index (χ4n) is 3.36. The van der Waals surface area contributed by atoms with Gasteiger partial charge in [-0.15, -0.1) is 0 Å². The SMILES string of the molecule is CC(=O)Nc1ccc2ccc(CN(CCc3ccc(C#N)c(Cl)c3)C(=O)OC(C)(C)C)cc2n1. The Bertz CT molecular complexity index is 1260. The number of ether oxygens (including phenoxy) is 1. The minimum Gasteiger partial charge on any atom is -0.444 e. The maximum absolute atomic E-state index is 13.0. The maximum Gasteiger partial charge on any atom is 0.410 e. The van der Waals surface area contributed by atoms with Gasteiger partial charge in [-0.1, -0.05) is 29.8 Å². The molecule has 8 heteroatoms. The van der Waals surface area contributed by atoms with Gasteiger partial charge in [0, 0.05) is 25.4 Å². The minimum absolute atomic E-state index is 0.193. The number of hydrogen-bond donors (Lipinski definition) is 1. The molecule has 0 spiro atoms. The third-order valence-electron chi connectivity index (χ3n) is 4.91. The van der Waals surface area contributed by atoms with E-state index in [0.29, 0.717) is 41.4 Å². The normalized spacial score (nSPS) is 11.1.